The summed E-state index contributed by atoms with van der Waals surface area (Å²) < 4.78 is 4.91. The smallest absolute Gasteiger partial charge is 0.269 e. The normalized spacial score (nSPS) is 10.6. The van der Waals surface area contributed by atoms with E-state index in [-0.39, 0.29) is 5.91 Å². The topological polar surface area (TPSA) is 54.9 Å². The highest BCUT2D eigenvalue weighted by molar-refractivity contribution is 9.10. The number of carbonyl (C=O) groups excluding carboxylic acids is 1. The van der Waals surface area contributed by atoms with Gasteiger partial charge in [0.15, 0.2) is 0 Å². The molecular weight excluding hydrogens is 406 g/mol. The van der Waals surface area contributed by atoms with Gasteiger partial charge in [-0.3, -0.25) is 4.79 Å². The van der Waals surface area contributed by atoms with Crippen molar-refractivity contribution in [2.75, 3.05) is 5.32 Å². The third kappa shape index (κ3) is 4.23. The highest BCUT2D eigenvalue weighted by atomic mass is 79.9. The van der Waals surface area contributed by atoms with Gasteiger partial charge in [-0.05, 0) is 66.5 Å². The number of aryl methyl sites for hydroxylation is 1. The second-order valence-corrected chi connectivity index (χ2v) is 7.75. The first kappa shape index (κ1) is 17.1. The molecule has 24 heavy (non-hydrogen) atoms. The fourth-order valence-electron chi connectivity index (χ4n) is 2.05. The van der Waals surface area contributed by atoms with E-state index in [2.05, 4.69) is 43.0 Å². The number of hydrogen-bond donors (Lipinski definition) is 1. The summed E-state index contributed by atoms with van der Waals surface area (Å²) in [5, 5.41) is 6.86. The van der Waals surface area contributed by atoms with Gasteiger partial charge in [0.05, 0.1) is 5.69 Å². The molecule has 0 saturated heterocycles. The van der Waals surface area contributed by atoms with Crippen LogP contribution in [0.5, 0.6) is 0 Å². The molecule has 4 nitrogen and oxygen atoms in total. The van der Waals surface area contributed by atoms with Crippen molar-refractivity contribution in [3.63, 3.8) is 0 Å². The first-order valence-electron chi connectivity index (χ1n) is 7.32. The molecule has 1 amide bonds. The van der Waals surface area contributed by atoms with E-state index < -0.39 is 0 Å². The molecule has 0 bridgehead atoms. The minimum Gasteiger partial charge on any atom is -0.321 e. The molecule has 1 aromatic heterocycles. The first-order chi connectivity index (χ1) is 11.7. The van der Waals surface area contributed by atoms with Gasteiger partial charge in [0.25, 0.3) is 5.91 Å². The standard InChI is InChI=1S/C17H14BrN3OS2/c1-2-15-16(24-21-20-15)17(22)19-12-5-9-14(10-6-12)23-13-7-3-11(18)4-8-13/h3-10H,2H2,1H3,(H,19,22). The van der Waals surface area contributed by atoms with Gasteiger partial charge >= 0.3 is 0 Å². The largest absolute Gasteiger partial charge is 0.321 e. The van der Waals surface area contributed by atoms with Gasteiger partial charge in [-0.2, -0.15) is 0 Å². The first-order valence-corrected chi connectivity index (χ1v) is 9.70. The van der Waals surface area contributed by atoms with Crippen molar-refractivity contribution in [3.8, 4) is 0 Å². The third-order valence-electron chi connectivity index (χ3n) is 3.26. The maximum atomic E-state index is 12.3. The van der Waals surface area contributed by atoms with E-state index in [9.17, 15) is 4.79 Å². The number of aromatic nitrogens is 2. The second kappa shape index (κ2) is 7.92. The lowest BCUT2D eigenvalue weighted by molar-refractivity contribution is 0.102. The van der Waals surface area contributed by atoms with Crippen LogP contribution in [0.25, 0.3) is 0 Å². The summed E-state index contributed by atoms with van der Waals surface area (Å²) in [5.74, 6) is -0.157. The number of benzene rings is 2. The van der Waals surface area contributed by atoms with Crippen LogP contribution < -0.4 is 5.32 Å². The summed E-state index contributed by atoms with van der Waals surface area (Å²) in [6, 6.07) is 16.0. The van der Waals surface area contributed by atoms with Crippen LogP contribution in [-0.2, 0) is 6.42 Å². The Morgan fingerprint density at radius 3 is 2.38 bits per heavy atom. The van der Waals surface area contributed by atoms with Crippen molar-refractivity contribution in [3.05, 3.63) is 63.6 Å². The van der Waals surface area contributed by atoms with Crippen molar-refractivity contribution in [1.82, 2.24) is 9.59 Å². The van der Waals surface area contributed by atoms with Gasteiger partial charge in [-0.1, -0.05) is 39.1 Å². The van der Waals surface area contributed by atoms with Gasteiger partial charge in [-0.25, -0.2) is 0 Å². The molecule has 122 valence electrons. The summed E-state index contributed by atoms with van der Waals surface area (Å²) in [5.41, 5.74) is 1.50. The van der Waals surface area contributed by atoms with Gasteiger partial charge in [0.1, 0.15) is 4.88 Å². The summed E-state index contributed by atoms with van der Waals surface area (Å²) >= 11 is 6.23. The molecule has 7 heteroatoms. The number of carbonyl (C=O) groups is 1. The van der Waals surface area contributed by atoms with Crippen molar-refractivity contribution in [1.29, 1.82) is 0 Å². The molecule has 0 atom stereocenters. The van der Waals surface area contributed by atoms with Gasteiger partial charge in [-0.15, -0.1) is 5.10 Å². The SMILES string of the molecule is CCc1nnsc1C(=O)Nc1ccc(Sc2ccc(Br)cc2)cc1. The average molecular weight is 420 g/mol. The van der Waals surface area contributed by atoms with Crippen LogP contribution >= 0.6 is 39.2 Å². The number of nitrogens with zero attached hydrogens (tertiary/aromatic N) is 2. The van der Waals surface area contributed by atoms with Crippen LogP contribution in [0, 0.1) is 0 Å². The third-order valence-corrected chi connectivity index (χ3v) is 5.57. The van der Waals surface area contributed by atoms with E-state index in [1.54, 1.807) is 11.8 Å². The van der Waals surface area contributed by atoms with Gasteiger partial charge in [0, 0.05) is 20.0 Å². The predicted octanol–water partition coefficient (Wildman–Crippen LogP) is 5.27. The Labute approximate surface area is 157 Å². The monoisotopic (exact) mass is 419 g/mol. The Kier molecular flexibility index (Phi) is 5.65. The molecule has 0 aliphatic carbocycles. The maximum absolute atomic E-state index is 12.3. The Morgan fingerprint density at radius 2 is 1.75 bits per heavy atom. The molecule has 3 aromatic rings. The Morgan fingerprint density at radius 1 is 1.12 bits per heavy atom. The fraction of sp³-hybridized carbons (Fsp3) is 0.118. The molecule has 0 saturated carbocycles. The van der Waals surface area contributed by atoms with Crippen LogP contribution in [0.15, 0.2) is 62.8 Å². The molecule has 1 N–H and O–H groups in total. The molecule has 0 unspecified atom stereocenters. The molecule has 3 rings (SSSR count). The average Bonchev–Trinajstić information content (AvgIpc) is 3.07. The van der Waals surface area contributed by atoms with E-state index in [1.165, 1.54) is 4.90 Å². The number of hydrogen-bond acceptors (Lipinski definition) is 5. The van der Waals surface area contributed by atoms with Gasteiger partial charge in [0.2, 0.25) is 0 Å². The Balaban J connectivity index is 1.66. The van der Waals surface area contributed by atoms with E-state index >= 15 is 0 Å². The molecule has 0 radical (unpaired) electrons. The minimum absolute atomic E-state index is 0.157. The lowest BCUT2D eigenvalue weighted by Crippen LogP contribution is -2.12. The van der Waals surface area contributed by atoms with Gasteiger partial charge < -0.3 is 5.32 Å². The number of amides is 1. The molecule has 1 heterocycles. The van der Waals surface area contributed by atoms with Crippen LogP contribution in [-0.4, -0.2) is 15.5 Å². The quantitative estimate of drug-likeness (QED) is 0.611. The molecule has 0 aliphatic rings. The van der Waals surface area contributed by atoms with Crippen molar-refractivity contribution >= 4 is 50.8 Å². The zero-order valence-electron chi connectivity index (χ0n) is 12.8. The second-order valence-electron chi connectivity index (χ2n) is 4.94. The molecule has 0 fully saturated rings. The zero-order chi connectivity index (χ0) is 16.9. The highest BCUT2D eigenvalue weighted by Gasteiger charge is 2.15. The molecule has 0 aliphatic heterocycles. The van der Waals surface area contributed by atoms with Crippen LogP contribution in [0.2, 0.25) is 0 Å². The van der Waals surface area contributed by atoms with Crippen molar-refractivity contribution in [2.45, 2.75) is 23.1 Å². The number of rotatable bonds is 5. The highest BCUT2D eigenvalue weighted by Crippen LogP contribution is 2.29. The fourth-order valence-corrected chi connectivity index (χ4v) is 3.77. The molecule has 2 aromatic carbocycles. The van der Waals surface area contributed by atoms with Crippen LogP contribution in [0.3, 0.4) is 0 Å². The predicted molar refractivity (Wildman–Crippen MR) is 102 cm³/mol. The Hall–Kier alpha value is -1.70. The van der Waals surface area contributed by atoms with Crippen molar-refractivity contribution < 1.29 is 4.79 Å². The number of anilines is 1. The van der Waals surface area contributed by atoms with E-state index in [0.29, 0.717) is 11.3 Å². The van der Waals surface area contributed by atoms with Crippen LogP contribution in [0.1, 0.15) is 22.3 Å². The van der Waals surface area contributed by atoms with E-state index in [1.807, 2.05) is 43.3 Å². The van der Waals surface area contributed by atoms with E-state index in [0.717, 1.165) is 32.3 Å². The Bertz CT molecular complexity index is 832. The van der Waals surface area contributed by atoms with Crippen LogP contribution in [0.4, 0.5) is 5.69 Å². The summed E-state index contributed by atoms with van der Waals surface area (Å²) in [6.07, 6.45) is 0.696. The van der Waals surface area contributed by atoms with Crippen molar-refractivity contribution in [2.24, 2.45) is 0 Å². The lowest BCUT2D eigenvalue weighted by atomic mass is 10.2. The number of nitrogens with one attached hydrogen (secondary N) is 1. The maximum Gasteiger partial charge on any atom is 0.269 e. The molecule has 0 spiro atoms. The summed E-state index contributed by atoms with van der Waals surface area (Å²) in [4.78, 5) is 15.1. The minimum atomic E-state index is -0.157. The molecular formula is C17H14BrN3OS2. The zero-order valence-corrected chi connectivity index (χ0v) is 16.0. The summed E-state index contributed by atoms with van der Waals surface area (Å²) in [6.45, 7) is 1.96. The number of halogens is 1. The summed E-state index contributed by atoms with van der Waals surface area (Å²) in [7, 11) is 0. The lowest BCUT2D eigenvalue weighted by Gasteiger charge is -2.06. The van der Waals surface area contributed by atoms with E-state index in [4.69, 9.17) is 0 Å².